The summed E-state index contributed by atoms with van der Waals surface area (Å²) in [5.41, 5.74) is 1.73. The van der Waals surface area contributed by atoms with Crippen LogP contribution in [0.5, 0.6) is 5.75 Å². The summed E-state index contributed by atoms with van der Waals surface area (Å²) in [6.07, 6.45) is 6.73. The maximum Gasteiger partial charge on any atom is 0.133 e. The van der Waals surface area contributed by atoms with E-state index < -0.39 is 0 Å². The predicted molar refractivity (Wildman–Crippen MR) is 88.2 cm³/mol. The molecule has 1 aliphatic rings. The first-order valence-corrected chi connectivity index (χ1v) is 8.84. The highest BCUT2D eigenvalue weighted by Crippen LogP contribution is 2.50. The Bertz CT molecular complexity index is 425. The number of ether oxygens (including phenoxy) is 1. The molecule has 1 aromatic rings. The van der Waals surface area contributed by atoms with Crippen molar-refractivity contribution in [2.24, 2.45) is 5.41 Å². The summed E-state index contributed by atoms with van der Waals surface area (Å²) in [6, 6.07) is 6.46. The van der Waals surface area contributed by atoms with Crippen molar-refractivity contribution < 1.29 is 4.74 Å². The molecule has 0 amide bonds. The minimum atomic E-state index is 0.380. The number of halogens is 2. The van der Waals surface area contributed by atoms with Crippen LogP contribution in [0.2, 0.25) is 0 Å². The molecule has 1 atom stereocenters. The summed E-state index contributed by atoms with van der Waals surface area (Å²) in [7, 11) is 0. The van der Waals surface area contributed by atoms with Gasteiger partial charge in [-0.05, 0) is 58.8 Å². The van der Waals surface area contributed by atoms with Crippen LogP contribution in [0.25, 0.3) is 0 Å². The first kappa shape index (κ1) is 15.4. The monoisotopic (exact) mass is 388 g/mol. The molecule has 3 heteroatoms. The SMILES string of the molecule is CCOc1ccc(C(Br)C2(C)CCCCC2)cc1Br. The topological polar surface area (TPSA) is 9.23 Å². The Morgan fingerprint density at radius 3 is 2.53 bits per heavy atom. The molecule has 0 radical (unpaired) electrons. The molecule has 1 fully saturated rings. The van der Waals surface area contributed by atoms with Crippen LogP contribution >= 0.6 is 31.9 Å². The van der Waals surface area contributed by atoms with Crippen molar-refractivity contribution >= 4 is 31.9 Å². The van der Waals surface area contributed by atoms with Crippen LogP contribution in [0.15, 0.2) is 22.7 Å². The number of rotatable bonds is 4. The summed E-state index contributed by atoms with van der Waals surface area (Å²) in [5, 5.41) is 0. The van der Waals surface area contributed by atoms with Gasteiger partial charge in [0.1, 0.15) is 5.75 Å². The molecule has 106 valence electrons. The van der Waals surface area contributed by atoms with Crippen LogP contribution in [0.4, 0.5) is 0 Å². The molecule has 0 bridgehead atoms. The molecular formula is C16H22Br2O. The first-order chi connectivity index (χ1) is 9.07. The Kier molecular flexibility index (Phi) is 5.36. The molecule has 1 saturated carbocycles. The van der Waals surface area contributed by atoms with E-state index in [4.69, 9.17) is 4.74 Å². The van der Waals surface area contributed by atoms with Gasteiger partial charge in [0.25, 0.3) is 0 Å². The van der Waals surface area contributed by atoms with Gasteiger partial charge in [-0.15, -0.1) is 0 Å². The fraction of sp³-hybridized carbons (Fsp3) is 0.625. The van der Waals surface area contributed by atoms with Gasteiger partial charge in [-0.3, -0.25) is 0 Å². The Morgan fingerprint density at radius 1 is 1.26 bits per heavy atom. The lowest BCUT2D eigenvalue weighted by atomic mass is 9.72. The molecule has 0 N–H and O–H groups in total. The van der Waals surface area contributed by atoms with Crippen molar-refractivity contribution in [3.63, 3.8) is 0 Å². The van der Waals surface area contributed by atoms with Crippen LogP contribution < -0.4 is 4.74 Å². The molecule has 1 unspecified atom stereocenters. The number of benzene rings is 1. The third-order valence-electron chi connectivity index (χ3n) is 4.16. The minimum Gasteiger partial charge on any atom is -0.493 e. The maximum atomic E-state index is 5.58. The number of hydrogen-bond acceptors (Lipinski definition) is 1. The van der Waals surface area contributed by atoms with Crippen molar-refractivity contribution in [3.05, 3.63) is 28.2 Å². The van der Waals surface area contributed by atoms with Gasteiger partial charge in [-0.2, -0.15) is 0 Å². The molecule has 0 heterocycles. The average molecular weight is 390 g/mol. The standard InChI is InChI=1S/C16H22Br2O/c1-3-19-14-8-7-12(11-13(14)17)15(18)16(2)9-5-4-6-10-16/h7-8,11,15H,3-6,9-10H2,1-2H3. The highest BCUT2D eigenvalue weighted by molar-refractivity contribution is 9.10. The van der Waals surface area contributed by atoms with E-state index in [1.165, 1.54) is 37.7 Å². The van der Waals surface area contributed by atoms with Crippen molar-refractivity contribution in [3.8, 4) is 5.75 Å². The van der Waals surface area contributed by atoms with E-state index in [2.05, 4.69) is 57.0 Å². The largest absolute Gasteiger partial charge is 0.493 e. The molecule has 19 heavy (non-hydrogen) atoms. The van der Waals surface area contributed by atoms with E-state index in [0.717, 1.165) is 10.2 Å². The second-order valence-corrected chi connectivity index (χ2v) is 7.47. The zero-order valence-electron chi connectivity index (χ0n) is 11.7. The molecule has 0 saturated heterocycles. The Morgan fingerprint density at radius 2 is 1.95 bits per heavy atom. The average Bonchev–Trinajstić information content (AvgIpc) is 2.41. The van der Waals surface area contributed by atoms with E-state index in [1.54, 1.807) is 0 Å². The molecule has 0 aliphatic heterocycles. The summed E-state index contributed by atoms with van der Waals surface area (Å²) in [6.45, 7) is 5.13. The normalized spacial score (nSPS) is 20.0. The van der Waals surface area contributed by atoms with Gasteiger partial charge < -0.3 is 4.74 Å². The molecular weight excluding hydrogens is 368 g/mol. The van der Waals surface area contributed by atoms with Crippen LogP contribution in [0.1, 0.15) is 56.3 Å². The second kappa shape index (κ2) is 6.62. The van der Waals surface area contributed by atoms with Crippen LogP contribution in [0, 0.1) is 5.41 Å². The van der Waals surface area contributed by atoms with Gasteiger partial charge in [0.15, 0.2) is 0 Å². The molecule has 2 rings (SSSR count). The highest BCUT2D eigenvalue weighted by atomic mass is 79.9. The third-order valence-corrected chi connectivity index (χ3v) is 6.41. The van der Waals surface area contributed by atoms with Crippen molar-refractivity contribution in [1.82, 2.24) is 0 Å². The van der Waals surface area contributed by atoms with Gasteiger partial charge in [-0.1, -0.05) is 48.2 Å². The van der Waals surface area contributed by atoms with E-state index in [-0.39, 0.29) is 0 Å². The molecule has 0 aromatic heterocycles. The molecule has 1 aromatic carbocycles. The second-order valence-electron chi connectivity index (χ2n) is 5.70. The molecule has 1 aliphatic carbocycles. The van der Waals surface area contributed by atoms with Crippen LogP contribution in [0.3, 0.4) is 0 Å². The Balaban J connectivity index is 2.19. The lowest BCUT2D eigenvalue weighted by Crippen LogP contribution is -2.25. The van der Waals surface area contributed by atoms with Gasteiger partial charge >= 0.3 is 0 Å². The maximum absolute atomic E-state index is 5.58. The lowest BCUT2D eigenvalue weighted by Gasteiger charge is -2.38. The zero-order valence-corrected chi connectivity index (χ0v) is 14.9. The summed E-state index contributed by atoms with van der Waals surface area (Å²) >= 11 is 7.55. The zero-order chi connectivity index (χ0) is 13.9. The van der Waals surface area contributed by atoms with Gasteiger partial charge in [0.2, 0.25) is 0 Å². The predicted octanol–water partition coefficient (Wildman–Crippen LogP) is 6.25. The van der Waals surface area contributed by atoms with E-state index in [1.807, 2.05) is 6.92 Å². The number of alkyl halides is 1. The minimum absolute atomic E-state index is 0.380. The van der Waals surface area contributed by atoms with Crippen LogP contribution in [-0.4, -0.2) is 6.61 Å². The van der Waals surface area contributed by atoms with Crippen molar-refractivity contribution in [2.45, 2.75) is 50.8 Å². The van der Waals surface area contributed by atoms with Crippen molar-refractivity contribution in [2.75, 3.05) is 6.61 Å². The van der Waals surface area contributed by atoms with Gasteiger partial charge in [0, 0.05) is 4.83 Å². The van der Waals surface area contributed by atoms with Gasteiger partial charge in [-0.25, -0.2) is 0 Å². The molecule has 0 spiro atoms. The Labute approximate surface area is 133 Å². The summed E-state index contributed by atoms with van der Waals surface area (Å²) < 4.78 is 6.63. The number of hydrogen-bond donors (Lipinski definition) is 0. The summed E-state index contributed by atoms with van der Waals surface area (Å²) in [4.78, 5) is 0.423. The summed E-state index contributed by atoms with van der Waals surface area (Å²) in [5.74, 6) is 0.930. The molecule has 1 nitrogen and oxygen atoms in total. The first-order valence-electron chi connectivity index (χ1n) is 7.13. The lowest BCUT2D eigenvalue weighted by molar-refractivity contribution is 0.212. The van der Waals surface area contributed by atoms with Crippen molar-refractivity contribution in [1.29, 1.82) is 0 Å². The smallest absolute Gasteiger partial charge is 0.133 e. The van der Waals surface area contributed by atoms with E-state index in [0.29, 0.717) is 16.8 Å². The van der Waals surface area contributed by atoms with Gasteiger partial charge in [0.05, 0.1) is 11.1 Å². The quantitative estimate of drug-likeness (QED) is 0.552. The van der Waals surface area contributed by atoms with E-state index in [9.17, 15) is 0 Å². The fourth-order valence-corrected chi connectivity index (χ4v) is 4.22. The highest BCUT2D eigenvalue weighted by Gasteiger charge is 2.34. The fourth-order valence-electron chi connectivity index (χ4n) is 2.96. The van der Waals surface area contributed by atoms with E-state index >= 15 is 0 Å². The third kappa shape index (κ3) is 3.55. The Hall–Kier alpha value is -0.0200. The van der Waals surface area contributed by atoms with Crippen LogP contribution in [-0.2, 0) is 0 Å².